The van der Waals surface area contributed by atoms with Gasteiger partial charge in [0.1, 0.15) is 0 Å². The molecular formula is C22H30N4O2. The zero-order chi connectivity index (χ0) is 20.6. The van der Waals surface area contributed by atoms with E-state index in [1.54, 1.807) is 24.3 Å². The van der Waals surface area contributed by atoms with Crippen molar-refractivity contribution in [3.8, 4) is 0 Å². The zero-order valence-electron chi connectivity index (χ0n) is 17.1. The van der Waals surface area contributed by atoms with Gasteiger partial charge in [0.2, 0.25) is 0 Å². The third-order valence-corrected chi connectivity index (χ3v) is 4.02. The first-order valence-corrected chi connectivity index (χ1v) is 9.48. The summed E-state index contributed by atoms with van der Waals surface area (Å²) in [6.45, 7) is 7.18. The zero-order valence-corrected chi connectivity index (χ0v) is 17.1. The molecule has 0 aliphatic heterocycles. The number of para-hydroxylation sites is 1. The average molecular weight is 383 g/mol. The maximum absolute atomic E-state index is 12.2. The number of carbonyl (C=O) groups is 2. The minimum Gasteiger partial charge on any atom is -0.375 e. The second-order valence-electron chi connectivity index (χ2n) is 7.78. The van der Waals surface area contributed by atoms with Crippen LogP contribution in [0.3, 0.4) is 0 Å². The van der Waals surface area contributed by atoms with Crippen LogP contribution in [0.2, 0.25) is 0 Å². The van der Waals surface area contributed by atoms with Gasteiger partial charge in [0.05, 0.1) is 0 Å². The molecule has 6 nitrogen and oxygen atoms in total. The smallest absolute Gasteiger partial charge is 0.319 e. The first-order valence-electron chi connectivity index (χ1n) is 9.48. The van der Waals surface area contributed by atoms with Gasteiger partial charge in [-0.05, 0) is 57.5 Å². The summed E-state index contributed by atoms with van der Waals surface area (Å²) in [6.07, 6.45) is 0.826. The first kappa shape index (κ1) is 21.3. The summed E-state index contributed by atoms with van der Waals surface area (Å²) >= 11 is 0. The molecule has 2 aromatic rings. The summed E-state index contributed by atoms with van der Waals surface area (Å²) in [7, 11) is 2.03. The monoisotopic (exact) mass is 382 g/mol. The van der Waals surface area contributed by atoms with Crippen molar-refractivity contribution in [2.24, 2.45) is 0 Å². The number of nitrogens with zero attached hydrogens (tertiary/aromatic N) is 1. The van der Waals surface area contributed by atoms with Gasteiger partial charge in [0.15, 0.2) is 0 Å². The van der Waals surface area contributed by atoms with Crippen LogP contribution in [0, 0.1) is 0 Å². The van der Waals surface area contributed by atoms with Crippen molar-refractivity contribution in [1.82, 2.24) is 10.6 Å². The maximum Gasteiger partial charge on any atom is 0.319 e. The Hall–Kier alpha value is -3.02. The number of nitrogens with one attached hydrogen (secondary N) is 3. The molecule has 0 bridgehead atoms. The van der Waals surface area contributed by atoms with Gasteiger partial charge in [-0.1, -0.05) is 24.3 Å². The molecule has 28 heavy (non-hydrogen) atoms. The summed E-state index contributed by atoms with van der Waals surface area (Å²) < 4.78 is 0. The molecule has 2 aromatic carbocycles. The van der Waals surface area contributed by atoms with Crippen LogP contribution < -0.4 is 20.9 Å². The lowest BCUT2D eigenvalue weighted by Gasteiger charge is -2.20. The molecule has 3 N–H and O–H groups in total. The van der Waals surface area contributed by atoms with Crippen LogP contribution in [0.15, 0.2) is 54.6 Å². The third-order valence-electron chi connectivity index (χ3n) is 4.02. The standard InChI is InChI=1S/C22H30N4O2/c1-22(2,3)25-20(27)17-10-8-11-18(16-17)24-21(28)23-14-9-15-26(4)19-12-6-5-7-13-19/h5-8,10-13,16H,9,14-15H2,1-4H3,(H,25,27)(H2,23,24,28). The van der Waals surface area contributed by atoms with Crippen molar-refractivity contribution in [3.05, 3.63) is 60.2 Å². The van der Waals surface area contributed by atoms with Gasteiger partial charge in [0.25, 0.3) is 5.91 Å². The molecule has 0 heterocycles. The quantitative estimate of drug-likeness (QED) is 0.637. The van der Waals surface area contributed by atoms with Crippen molar-refractivity contribution in [2.45, 2.75) is 32.7 Å². The molecule has 0 spiro atoms. The lowest BCUT2D eigenvalue weighted by molar-refractivity contribution is 0.0919. The van der Waals surface area contributed by atoms with Gasteiger partial charge < -0.3 is 20.9 Å². The average Bonchev–Trinajstić information content (AvgIpc) is 2.64. The first-order chi connectivity index (χ1) is 13.2. The number of rotatable bonds is 7. The summed E-state index contributed by atoms with van der Waals surface area (Å²) in [5.41, 5.74) is 1.93. The molecule has 0 unspecified atom stereocenters. The number of urea groups is 1. The largest absolute Gasteiger partial charge is 0.375 e. The van der Waals surface area contributed by atoms with E-state index >= 15 is 0 Å². The molecule has 3 amide bonds. The highest BCUT2D eigenvalue weighted by atomic mass is 16.2. The molecule has 0 radical (unpaired) electrons. The Kier molecular flexibility index (Phi) is 7.44. The van der Waals surface area contributed by atoms with Crippen LogP contribution in [0.25, 0.3) is 0 Å². The van der Waals surface area contributed by atoms with Crippen LogP contribution in [0.1, 0.15) is 37.6 Å². The van der Waals surface area contributed by atoms with Crippen LogP contribution in [0.5, 0.6) is 0 Å². The second-order valence-corrected chi connectivity index (χ2v) is 7.78. The van der Waals surface area contributed by atoms with Gasteiger partial charge >= 0.3 is 6.03 Å². The Morgan fingerprint density at radius 2 is 1.71 bits per heavy atom. The Bertz CT molecular complexity index is 785. The highest BCUT2D eigenvalue weighted by Gasteiger charge is 2.15. The van der Waals surface area contributed by atoms with E-state index in [-0.39, 0.29) is 17.5 Å². The van der Waals surface area contributed by atoms with Gasteiger partial charge in [-0.2, -0.15) is 0 Å². The molecule has 2 rings (SSSR count). The van der Waals surface area contributed by atoms with Crippen LogP contribution >= 0.6 is 0 Å². The van der Waals surface area contributed by atoms with Crippen molar-refractivity contribution in [2.75, 3.05) is 30.4 Å². The fraction of sp³-hybridized carbons (Fsp3) is 0.364. The molecule has 0 fully saturated rings. The molecule has 0 atom stereocenters. The van der Waals surface area contributed by atoms with Gasteiger partial charge in [0, 0.05) is 42.6 Å². The molecule has 0 aliphatic rings. The number of benzene rings is 2. The number of carbonyl (C=O) groups excluding carboxylic acids is 2. The van der Waals surface area contributed by atoms with E-state index < -0.39 is 0 Å². The summed E-state index contributed by atoms with van der Waals surface area (Å²) in [4.78, 5) is 26.5. The maximum atomic E-state index is 12.2. The molecule has 0 aromatic heterocycles. The third kappa shape index (κ3) is 7.31. The lowest BCUT2D eigenvalue weighted by atomic mass is 10.1. The number of hydrogen-bond donors (Lipinski definition) is 3. The lowest BCUT2D eigenvalue weighted by Crippen LogP contribution is -2.40. The van der Waals surface area contributed by atoms with E-state index in [2.05, 4.69) is 33.0 Å². The van der Waals surface area contributed by atoms with Gasteiger partial charge in [-0.3, -0.25) is 4.79 Å². The van der Waals surface area contributed by atoms with Crippen molar-refractivity contribution in [1.29, 1.82) is 0 Å². The van der Waals surface area contributed by atoms with E-state index in [4.69, 9.17) is 0 Å². The Morgan fingerprint density at radius 3 is 2.39 bits per heavy atom. The predicted molar refractivity (Wildman–Crippen MR) is 115 cm³/mol. The van der Waals surface area contributed by atoms with E-state index in [1.165, 1.54) is 0 Å². The Labute approximate surface area is 167 Å². The molecule has 0 aliphatic carbocycles. The number of anilines is 2. The molecule has 0 saturated heterocycles. The minimum absolute atomic E-state index is 0.166. The summed E-state index contributed by atoms with van der Waals surface area (Å²) in [5.74, 6) is -0.166. The van der Waals surface area contributed by atoms with E-state index in [9.17, 15) is 9.59 Å². The highest BCUT2D eigenvalue weighted by Crippen LogP contribution is 2.12. The second kappa shape index (κ2) is 9.78. The van der Waals surface area contributed by atoms with E-state index in [0.29, 0.717) is 17.8 Å². The normalized spacial score (nSPS) is 10.9. The Balaban J connectivity index is 1.77. The van der Waals surface area contributed by atoms with Crippen molar-refractivity contribution < 1.29 is 9.59 Å². The summed E-state index contributed by atoms with van der Waals surface area (Å²) in [6, 6.07) is 16.7. The molecule has 6 heteroatoms. The topological polar surface area (TPSA) is 73.5 Å². The van der Waals surface area contributed by atoms with Crippen LogP contribution in [-0.4, -0.2) is 37.6 Å². The SMILES string of the molecule is CN(CCCNC(=O)Nc1cccc(C(=O)NC(C)(C)C)c1)c1ccccc1. The number of amides is 3. The van der Waals surface area contributed by atoms with E-state index in [0.717, 1.165) is 18.7 Å². The fourth-order valence-electron chi connectivity index (χ4n) is 2.66. The molecule has 150 valence electrons. The number of hydrogen-bond acceptors (Lipinski definition) is 3. The molecular weight excluding hydrogens is 352 g/mol. The van der Waals surface area contributed by atoms with Crippen molar-refractivity contribution >= 4 is 23.3 Å². The van der Waals surface area contributed by atoms with E-state index in [1.807, 2.05) is 46.0 Å². The minimum atomic E-state index is -0.315. The van der Waals surface area contributed by atoms with Crippen LogP contribution in [-0.2, 0) is 0 Å². The summed E-state index contributed by atoms with van der Waals surface area (Å²) in [5, 5.41) is 8.53. The molecule has 0 saturated carbocycles. The van der Waals surface area contributed by atoms with Gasteiger partial charge in [-0.25, -0.2) is 4.79 Å². The van der Waals surface area contributed by atoms with Gasteiger partial charge in [-0.15, -0.1) is 0 Å². The predicted octanol–water partition coefficient (Wildman–Crippen LogP) is 3.86. The highest BCUT2D eigenvalue weighted by molar-refractivity contribution is 5.97. The fourth-order valence-corrected chi connectivity index (χ4v) is 2.66. The van der Waals surface area contributed by atoms with Crippen LogP contribution in [0.4, 0.5) is 16.2 Å². The Morgan fingerprint density at radius 1 is 1.00 bits per heavy atom. The van der Waals surface area contributed by atoms with Crippen molar-refractivity contribution in [3.63, 3.8) is 0 Å².